The highest BCUT2D eigenvalue weighted by Gasteiger charge is 2.38. The van der Waals surface area contributed by atoms with Crippen molar-refractivity contribution in [3.8, 4) is 11.5 Å². The molecule has 1 aromatic heterocycles. The Morgan fingerprint density at radius 1 is 1.29 bits per heavy atom. The van der Waals surface area contributed by atoms with E-state index in [4.69, 9.17) is 19.9 Å². The molecule has 1 unspecified atom stereocenters. The van der Waals surface area contributed by atoms with E-state index in [1.165, 1.54) is 14.2 Å². The van der Waals surface area contributed by atoms with E-state index in [1.807, 2.05) is 0 Å². The number of nitrogens with two attached hydrogens (primary N) is 1. The normalized spacial score (nSPS) is 15.5. The average molecular weight is 386 g/mol. The second-order valence-corrected chi connectivity index (χ2v) is 6.12. The van der Waals surface area contributed by atoms with Gasteiger partial charge in [0.15, 0.2) is 11.5 Å². The van der Waals surface area contributed by atoms with Crippen molar-refractivity contribution in [2.45, 2.75) is 19.8 Å². The minimum absolute atomic E-state index is 0.103. The Morgan fingerprint density at radius 3 is 2.68 bits per heavy atom. The number of esters is 1. The summed E-state index contributed by atoms with van der Waals surface area (Å²) in [6.45, 7) is 3.66. The van der Waals surface area contributed by atoms with Gasteiger partial charge in [0.25, 0.3) is 0 Å². The molecule has 4 N–H and O–H groups in total. The highest BCUT2D eigenvalue weighted by molar-refractivity contribution is 5.95. The molecule has 2 heterocycles. The monoisotopic (exact) mass is 386 g/mol. The molecule has 1 aliphatic rings. The summed E-state index contributed by atoms with van der Waals surface area (Å²) in [6, 6.07) is 5.34. The molecule has 9 nitrogen and oxygen atoms in total. The molecular formula is C19H22N4O5. The van der Waals surface area contributed by atoms with Gasteiger partial charge in [-0.1, -0.05) is 12.1 Å². The van der Waals surface area contributed by atoms with Crippen molar-refractivity contribution >= 4 is 17.6 Å². The summed E-state index contributed by atoms with van der Waals surface area (Å²) in [4.78, 5) is 31.1. The fourth-order valence-corrected chi connectivity index (χ4v) is 3.42. The van der Waals surface area contributed by atoms with E-state index in [2.05, 4.69) is 15.3 Å². The summed E-state index contributed by atoms with van der Waals surface area (Å²) in [5.41, 5.74) is 7.49. The minimum Gasteiger partial charge on any atom is -0.493 e. The first-order chi connectivity index (χ1) is 13.4. The molecule has 0 aliphatic carbocycles. The Balaban J connectivity index is 2.35. The molecule has 0 amide bonds. The maximum atomic E-state index is 12.8. The number of carbonyl (C=O) groups excluding carboxylic acids is 1. The van der Waals surface area contributed by atoms with Crippen molar-refractivity contribution in [1.29, 1.82) is 0 Å². The lowest BCUT2D eigenvalue weighted by Gasteiger charge is -2.30. The van der Waals surface area contributed by atoms with Gasteiger partial charge in [0.05, 0.1) is 32.3 Å². The quantitative estimate of drug-likeness (QED) is 0.663. The molecule has 1 aromatic carbocycles. The summed E-state index contributed by atoms with van der Waals surface area (Å²) in [5, 5.41) is 2.99. The van der Waals surface area contributed by atoms with E-state index in [0.29, 0.717) is 33.9 Å². The van der Waals surface area contributed by atoms with Crippen LogP contribution in [0.25, 0.3) is 0 Å². The zero-order chi connectivity index (χ0) is 20.4. The summed E-state index contributed by atoms with van der Waals surface area (Å²) >= 11 is 0. The van der Waals surface area contributed by atoms with Crippen molar-refractivity contribution in [2.24, 2.45) is 0 Å². The maximum absolute atomic E-state index is 12.8. The van der Waals surface area contributed by atoms with E-state index in [-0.39, 0.29) is 18.2 Å². The van der Waals surface area contributed by atoms with Gasteiger partial charge in [0.1, 0.15) is 11.6 Å². The minimum atomic E-state index is -0.676. The van der Waals surface area contributed by atoms with Gasteiger partial charge in [-0.15, -0.1) is 0 Å². The fourth-order valence-electron chi connectivity index (χ4n) is 3.42. The zero-order valence-electron chi connectivity index (χ0n) is 16.1. The first-order valence-corrected chi connectivity index (χ1v) is 8.68. The van der Waals surface area contributed by atoms with Crippen molar-refractivity contribution in [3.05, 3.63) is 51.1 Å². The number of benzene rings is 1. The molecule has 9 heteroatoms. The number of hydrogen-bond donors (Lipinski definition) is 3. The number of anilines is 2. The van der Waals surface area contributed by atoms with Crippen LogP contribution in [-0.2, 0) is 9.53 Å². The molecule has 28 heavy (non-hydrogen) atoms. The number of methoxy groups -OCH3 is 2. The van der Waals surface area contributed by atoms with Crippen molar-refractivity contribution in [2.75, 3.05) is 31.9 Å². The van der Waals surface area contributed by atoms with Crippen LogP contribution >= 0.6 is 0 Å². The maximum Gasteiger partial charge on any atom is 0.348 e. The number of hydrogen-bond acceptors (Lipinski definition) is 8. The van der Waals surface area contributed by atoms with Crippen molar-refractivity contribution in [1.82, 2.24) is 9.97 Å². The van der Waals surface area contributed by atoms with E-state index < -0.39 is 17.6 Å². The Bertz CT molecular complexity index is 1010. The van der Waals surface area contributed by atoms with Crippen molar-refractivity contribution in [3.63, 3.8) is 0 Å². The number of rotatable bonds is 5. The van der Waals surface area contributed by atoms with Gasteiger partial charge in [-0.2, -0.15) is 4.98 Å². The summed E-state index contributed by atoms with van der Waals surface area (Å²) in [6.07, 6.45) is 0. The lowest BCUT2D eigenvalue weighted by atomic mass is 9.81. The zero-order valence-corrected chi connectivity index (χ0v) is 16.1. The smallest absolute Gasteiger partial charge is 0.348 e. The number of ether oxygens (including phenoxy) is 3. The standard InChI is InChI=1S/C19H22N4O5/c1-5-28-18(24)12-9(2)21-17-14(16(20)22-19(25)23-17)13(12)10-7-6-8-11(26-3)15(10)27-4/h6-8,13H,5H2,1-4H3,(H4,20,21,22,23,25). The van der Waals surface area contributed by atoms with Gasteiger partial charge >= 0.3 is 11.7 Å². The number of carbonyl (C=O) groups is 1. The number of fused-ring (bicyclic) bond motifs is 1. The first kappa shape index (κ1) is 19.3. The Labute approximate surface area is 161 Å². The topological polar surface area (TPSA) is 129 Å². The predicted molar refractivity (Wildman–Crippen MR) is 104 cm³/mol. The van der Waals surface area contributed by atoms with Crippen LogP contribution in [0.4, 0.5) is 11.6 Å². The third kappa shape index (κ3) is 3.15. The highest BCUT2D eigenvalue weighted by atomic mass is 16.5. The second kappa shape index (κ2) is 7.63. The number of H-pyrrole nitrogens is 1. The lowest BCUT2D eigenvalue weighted by Crippen LogP contribution is -2.29. The first-order valence-electron chi connectivity index (χ1n) is 8.68. The number of nitrogens with zero attached hydrogens (tertiary/aromatic N) is 1. The van der Waals surface area contributed by atoms with Gasteiger partial charge in [-0.25, -0.2) is 9.59 Å². The summed E-state index contributed by atoms with van der Waals surface area (Å²) in [7, 11) is 3.04. The third-order valence-corrected chi connectivity index (χ3v) is 4.53. The van der Waals surface area contributed by atoms with Crippen LogP contribution < -0.4 is 26.2 Å². The van der Waals surface area contributed by atoms with E-state index in [1.54, 1.807) is 32.0 Å². The average Bonchev–Trinajstić information content (AvgIpc) is 2.65. The van der Waals surface area contributed by atoms with Crippen LogP contribution in [0.3, 0.4) is 0 Å². The molecule has 0 spiro atoms. The molecule has 0 saturated carbocycles. The van der Waals surface area contributed by atoms with Crippen LogP contribution in [0.15, 0.2) is 34.3 Å². The fraction of sp³-hybridized carbons (Fsp3) is 0.316. The van der Waals surface area contributed by atoms with Gasteiger partial charge in [-0.3, -0.25) is 4.98 Å². The van der Waals surface area contributed by atoms with Crippen LogP contribution in [0.5, 0.6) is 11.5 Å². The predicted octanol–water partition coefficient (Wildman–Crippen LogP) is 1.76. The van der Waals surface area contributed by atoms with Gasteiger partial charge in [0, 0.05) is 16.8 Å². The molecule has 2 aromatic rings. The largest absolute Gasteiger partial charge is 0.493 e. The van der Waals surface area contributed by atoms with E-state index in [0.717, 1.165) is 0 Å². The summed E-state index contributed by atoms with van der Waals surface area (Å²) in [5.74, 6) is 0.150. The van der Waals surface area contributed by atoms with E-state index in [9.17, 15) is 9.59 Å². The second-order valence-electron chi connectivity index (χ2n) is 6.12. The number of allylic oxidation sites excluding steroid dienone is 1. The Hall–Kier alpha value is -3.49. The van der Waals surface area contributed by atoms with E-state index >= 15 is 0 Å². The molecule has 0 saturated heterocycles. The third-order valence-electron chi connectivity index (χ3n) is 4.53. The number of nitrogens with one attached hydrogen (secondary N) is 2. The Kier molecular flexibility index (Phi) is 5.25. The molecule has 1 aliphatic heterocycles. The Morgan fingerprint density at radius 2 is 2.04 bits per heavy atom. The van der Waals surface area contributed by atoms with Gasteiger partial charge < -0.3 is 25.3 Å². The molecule has 0 fully saturated rings. The summed E-state index contributed by atoms with van der Waals surface area (Å²) < 4.78 is 16.2. The molecule has 3 rings (SSSR count). The molecule has 0 radical (unpaired) electrons. The number of aromatic amines is 1. The van der Waals surface area contributed by atoms with Crippen LogP contribution in [0.2, 0.25) is 0 Å². The van der Waals surface area contributed by atoms with Crippen LogP contribution in [0.1, 0.15) is 30.9 Å². The SMILES string of the molecule is CCOC(=O)C1=C(C)Nc2nc(=O)[nH]c(N)c2C1c1cccc(OC)c1OC. The van der Waals surface area contributed by atoms with Crippen LogP contribution in [-0.4, -0.2) is 36.8 Å². The number of aromatic nitrogens is 2. The van der Waals surface area contributed by atoms with Crippen molar-refractivity contribution < 1.29 is 19.0 Å². The van der Waals surface area contributed by atoms with Gasteiger partial charge in [-0.05, 0) is 19.9 Å². The lowest BCUT2D eigenvalue weighted by molar-refractivity contribution is -0.138. The van der Waals surface area contributed by atoms with Gasteiger partial charge in [0.2, 0.25) is 0 Å². The molecular weight excluding hydrogens is 364 g/mol. The number of para-hydroxylation sites is 1. The molecule has 1 atom stereocenters. The molecule has 148 valence electrons. The number of nitrogen functional groups attached to an aromatic ring is 1. The van der Waals surface area contributed by atoms with Crippen LogP contribution in [0, 0.1) is 0 Å². The molecule has 0 bridgehead atoms. The highest BCUT2D eigenvalue weighted by Crippen LogP contribution is 2.47.